The maximum Gasteiger partial charge on any atom is 0.246 e. The van der Waals surface area contributed by atoms with Crippen molar-refractivity contribution in [1.29, 1.82) is 0 Å². The Morgan fingerprint density at radius 3 is 2.59 bits per heavy atom. The van der Waals surface area contributed by atoms with Crippen molar-refractivity contribution in [2.45, 2.75) is 63.3 Å². The molecule has 10 heteroatoms. The lowest BCUT2D eigenvalue weighted by Crippen LogP contribution is -2.58. The molecule has 8 atom stereocenters. The van der Waals surface area contributed by atoms with Gasteiger partial charge in [0.2, 0.25) is 17.7 Å². The Balaban J connectivity index is 1.24. The fourth-order valence-electron chi connectivity index (χ4n) is 7.60. The minimum atomic E-state index is -1.16. The second-order valence-corrected chi connectivity index (χ2v) is 12.9. The molecule has 6 rings (SSSR count). The van der Waals surface area contributed by atoms with Crippen molar-refractivity contribution in [3.8, 4) is 0 Å². The summed E-state index contributed by atoms with van der Waals surface area (Å²) in [6, 6.07) is 6.12. The summed E-state index contributed by atoms with van der Waals surface area (Å²) in [7, 11) is 0. The SMILES string of the molecule is C[C@@H]1[C@H](C)CCC[C@@H]1NC(=O)[C@@H]1N(CCCN2CCOCC2)C(=O)[C@@H]2[C@H](C(=O)Nc3ccc(Cl)cc3)[C@@H]3C=C[C@]21O3. The second-order valence-electron chi connectivity index (χ2n) is 12.4. The molecule has 1 aliphatic carbocycles. The van der Waals surface area contributed by atoms with E-state index in [4.69, 9.17) is 21.1 Å². The summed E-state index contributed by atoms with van der Waals surface area (Å²) in [6.45, 7) is 8.83. The van der Waals surface area contributed by atoms with E-state index in [2.05, 4.69) is 29.4 Å². The highest BCUT2D eigenvalue weighted by Gasteiger charge is 2.72. The highest BCUT2D eigenvalue weighted by atomic mass is 35.5. The normalized spacial score (nSPS) is 36.4. The van der Waals surface area contributed by atoms with Gasteiger partial charge < -0.3 is 25.0 Å². The van der Waals surface area contributed by atoms with Crippen molar-refractivity contribution in [2.24, 2.45) is 23.7 Å². The third-order valence-corrected chi connectivity index (χ3v) is 10.3. The monoisotopic (exact) mass is 584 g/mol. The van der Waals surface area contributed by atoms with Gasteiger partial charge in [-0.1, -0.05) is 50.4 Å². The minimum Gasteiger partial charge on any atom is -0.379 e. The number of anilines is 1. The molecule has 5 aliphatic rings. The fourth-order valence-corrected chi connectivity index (χ4v) is 7.73. The van der Waals surface area contributed by atoms with Gasteiger partial charge in [0.25, 0.3) is 0 Å². The quantitative estimate of drug-likeness (QED) is 0.456. The van der Waals surface area contributed by atoms with Crippen LogP contribution in [-0.4, -0.2) is 90.7 Å². The van der Waals surface area contributed by atoms with Crippen LogP contribution < -0.4 is 10.6 Å². The van der Waals surface area contributed by atoms with E-state index in [0.29, 0.717) is 42.3 Å². The van der Waals surface area contributed by atoms with Crippen LogP contribution >= 0.6 is 11.6 Å². The summed E-state index contributed by atoms with van der Waals surface area (Å²) in [5.74, 6) is -1.26. The number of morpholine rings is 1. The van der Waals surface area contributed by atoms with Gasteiger partial charge in [-0.3, -0.25) is 19.3 Å². The van der Waals surface area contributed by atoms with Crippen LogP contribution in [0.4, 0.5) is 5.69 Å². The van der Waals surface area contributed by atoms with Crippen molar-refractivity contribution in [3.05, 3.63) is 41.4 Å². The van der Waals surface area contributed by atoms with E-state index >= 15 is 0 Å². The van der Waals surface area contributed by atoms with Crippen molar-refractivity contribution >= 4 is 35.0 Å². The summed E-state index contributed by atoms with van der Waals surface area (Å²) in [5, 5.41) is 6.84. The topological polar surface area (TPSA) is 100 Å². The summed E-state index contributed by atoms with van der Waals surface area (Å²) in [5.41, 5.74) is -0.557. The number of carbonyl (C=O) groups excluding carboxylic acids is 3. The van der Waals surface area contributed by atoms with E-state index in [9.17, 15) is 14.4 Å². The molecule has 1 spiro atoms. The molecule has 41 heavy (non-hydrogen) atoms. The molecule has 1 saturated carbocycles. The number of hydrogen-bond acceptors (Lipinski definition) is 6. The molecule has 0 radical (unpaired) electrons. The van der Waals surface area contributed by atoms with Gasteiger partial charge in [0, 0.05) is 42.9 Å². The molecule has 4 fully saturated rings. The number of nitrogens with zero attached hydrogens (tertiary/aromatic N) is 2. The highest BCUT2D eigenvalue weighted by Crippen LogP contribution is 2.55. The van der Waals surface area contributed by atoms with Gasteiger partial charge in [-0.15, -0.1) is 0 Å². The zero-order chi connectivity index (χ0) is 28.7. The third kappa shape index (κ3) is 5.31. The molecule has 9 nitrogen and oxygen atoms in total. The van der Waals surface area contributed by atoms with E-state index in [0.717, 1.165) is 45.3 Å². The van der Waals surface area contributed by atoms with Crippen molar-refractivity contribution in [2.75, 3.05) is 44.7 Å². The zero-order valence-corrected chi connectivity index (χ0v) is 24.6. The molecular formula is C31H41ClN4O5. The van der Waals surface area contributed by atoms with Gasteiger partial charge in [-0.05, 0) is 48.9 Å². The number of halogens is 1. The smallest absolute Gasteiger partial charge is 0.246 e. The number of likely N-dealkylation sites (tertiary alicyclic amines) is 1. The highest BCUT2D eigenvalue weighted by molar-refractivity contribution is 6.30. The summed E-state index contributed by atoms with van der Waals surface area (Å²) < 4.78 is 12.0. The molecule has 1 aromatic carbocycles. The average Bonchev–Trinajstić information content (AvgIpc) is 3.60. The van der Waals surface area contributed by atoms with Crippen molar-refractivity contribution < 1.29 is 23.9 Å². The van der Waals surface area contributed by atoms with Crippen LogP contribution in [-0.2, 0) is 23.9 Å². The Morgan fingerprint density at radius 2 is 1.83 bits per heavy atom. The molecule has 2 bridgehead atoms. The van der Waals surface area contributed by atoms with Crippen LogP contribution in [0.2, 0.25) is 5.02 Å². The number of ether oxygens (including phenoxy) is 2. The number of fused-ring (bicyclic) bond motifs is 1. The van der Waals surface area contributed by atoms with Gasteiger partial charge in [-0.2, -0.15) is 0 Å². The van der Waals surface area contributed by atoms with E-state index in [1.165, 1.54) is 0 Å². The van der Waals surface area contributed by atoms with Gasteiger partial charge >= 0.3 is 0 Å². The first-order chi connectivity index (χ1) is 19.8. The van der Waals surface area contributed by atoms with Crippen molar-refractivity contribution in [3.63, 3.8) is 0 Å². The largest absolute Gasteiger partial charge is 0.379 e. The standard InChI is InChI=1S/C31H41ClN4O5/c1-19-5-3-6-23(20(19)2)34-29(38)27-31-12-11-24(41-31)25(28(37)33-22-9-7-21(32)8-10-22)26(31)30(39)36(27)14-4-13-35-15-17-40-18-16-35/h7-12,19-20,23-27H,3-6,13-18H2,1-2H3,(H,33,37)(H,34,38)/t19-,20-,23+,24+,25-,26+,27+,31+/m1/s1. The molecule has 2 N–H and O–H groups in total. The molecular weight excluding hydrogens is 544 g/mol. The van der Waals surface area contributed by atoms with E-state index in [-0.39, 0.29) is 23.8 Å². The summed E-state index contributed by atoms with van der Waals surface area (Å²) >= 11 is 6.02. The Labute approximate surface area is 246 Å². The number of nitrogens with one attached hydrogen (secondary N) is 2. The van der Waals surface area contributed by atoms with Crippen molar-refractivity contribution in [1.82, 2.24) is 15.1 Å². The van der Waals surface area contributed by atoms with Crippen LogP contribution in [0.3, 0.4) is 0 Å². The summed E-state index contributed by atoms with van der Waals surface area (Å²) in [4.78, 5) is 46.0. The Morgan fingerprint density at radius 1 is 1.07 bits per heavy atom. The lowest BCUT2D eigenvalue weighted by atomic mass is 9.73. The first-order valence-corrected chi connectivity index (χ1v) is 15.5. The summed E-state index contributed by atoms with van der Waals surface area (Å²) in [6.07, 6.45) is 7.07. The molecule has 3 amide bonds. The number of amides is 3. The minimum absolute atomic E-state index is 0.0542. The zero-order valence-electron chi connectivity index (χ0n) is 23.9. The van der Waals surface area contributed by atoms with E-state index in [1.54, 1.807) is 29.2 Å². The molecule has 4 aliphatic heterocycles. The molecule has 0 aromatic heterocycles. The Bertz CT molecular complexity index is 1190. The molecule has 1 aromatic rings. The van der Waals surface area contributed by atoms with Crippen LogP contribution in [0.1, 0.15) is 39.5 Å². The van der Waals surface area contributed by atoms with Crippen LogP contribution in [0.15, 0.2) is 36.4 Å². The van der Waals surface area contributed by atoms with Crippen LogP contribution in [0.25, 0.3) is 0 Å². The first kappa shape index (κ1) is 28.6. The number of benzene rings is 1. The lowest BCUT2D eigenvalue weighted by molar-refractivity contribution is -0.141. The van der Waals surface area contributed by atoms with Crippen LogP contribution in [0.5, 0.6) is 0 Å². The Hall–Kier alpha value is -2.46. The predicted molar refractivity (Wildman–Crippen MR) is 155 cm³/mol. The number of carbonyl (C=O) groups is 3. The average molecular weight is 585 g/mol. The fraction of sp³-hybridized carbons (Fsp3) is 0.645. The number of hydrogen-bond donors (Lipinski definition) is 2. The second kappa shape index (κ2) is 11.7. The molecule has 3 saturated heterocycles. The maximum atomic E-state index is 14.2. The van der Waals surface area contributed by atoms with Crippen LogP contribution in [0, 0.1) is 23.7 Å². The molecule has 222 valence electrons. The van der Waals surface area contributed by atoms with E-state index < -0.39 is 29.6 Å². The van der Waals surface area contributed by atoms with Gasteiger partial charge in [0.05, 0.1) is 31.2 Å². The first-order valence-electron chi connectivity index (χ1n) is 15.1. The maximum absolute atomic E-state index is 14.2. The Kier molecular flexibility index (Phi) is 8.15. The van der Waals surface area contributed by atoms with E-state index in [1.807, 2.05) is 12.2 Å². The molecule has 4 heterocycles. The lowest BCUT2D eigenvalue weighted by Gasteiger charge is -2.38. The van der Waals surface area contributed by atoms with Gasteiger partial charge in [0.1, 0.15) is 11.6 Å². The molecule has 0 unspecified atom stereocenters. The predicted octanol–water partition coefficient (Wildman–Crippen LogP) is 3.09. The number of rotatable bonds is 8. The third-order valence-electron chi connectivity index (χ3n) is 10.0. The van der Waals surface area contributed by atoms with Gasteiger partial charge in [0.15, 0.2) is 0 Å². The van der Waals surface area contributed by atoms with Gasteiger partial charge in [-0.25, -0.2) is 0 Å².